The van der Waals surface area contributed by atoms with Crippen molar-refractivity contribution in [2.75, 3.05) is 0 Å². The van der Waals surface area contributed by atoms with Gasteiger partial charge in [-0.15, -0.1) is 0 Å². The van der Waals surface area contributed by atoms with Crippen molar-refractivity contribution in [2.45, 2.75) is 0 Å². The molecule has 0 aliphatic rings. The summed E-state index contributed by atoms with van der Waals surface area (Å²) >= 11 is 0. The second-order valence-electron chi connectivity index (χ2n) is 14.1. The maximum absolute atomic E-state index is 15.5. The Morgan fingerprint density at radius 3 is 1.27 bits per heavy atom. The van der Waals surface area contributed by atoms with Gasteiger partial charge < -0.3 is 4.42 Å². The first kappa shape index (κ1) is 31.4. The van der Waals surface area contributed by atoms with Gasteiger partial charge in [0, 0.05) is 27.5 Å². The lowest BCUT2D eigenvalue weighted by molar-refractivity contribution is 0.590. The first-order valence-electron chi connectivity index (χ1n) is 18.5. The second kappa shape index (κ2) is 12.2. The highest BCUT2D eigenvalue weighted by atomic mass is 19.1. The van der Waals surface area contributed by atoms with Crippen LogP contribution in [0.3, 0.4) is 0 Å². The number of para-hydroxylation sites is 1. The summed E-state index contributed by atoms with van der Waals surface area (Å²) in [6.45, 7) is 0. The van der Waals surface area contributed by atoms with Gasteiger partial charge in [-0.25, -0.2) is 8.78 Å². The van der Waals surface area contributed by atoms with E-state index in [4.69, 9.17) is 4.42 Å². The second-order valence-corrected chi connectivity index (χ2v) is 14.1. The molecule has 3 heteroatoms. The molecule has 0 unspecified atom stereocenters. The SMILES string of the molecule is Fc1cccc(F)c1-c1c2ccccc2c(-c2ccc3c(c2)oc2c(-c4c5ccccc5c(-c5ccccc5)c5ccccc45)cccc23)c2ccccc12. The molecule has 258 valence electrons. The van der Waals surface area contributed by atoms with Crippen LogP contribution in [0.15, 0.2) is 186 Å². The first-order chi connectivity index (χ1) is 27.2. The first-order valence-corrected chi connectivity index (χ1v) is 18.5. The fraction of sp³-hybridized carbons (Fsp3) is 0. The molecule has 0 fully saturated rings. The summed E-state index contributed by atoms with van der Waals surface area (Å²) in [6.07, 6.45) is 0. The summed E-state index contributed by atoms with van der Waals surface area (Å²) < 4.78 is 37.9. The van der Waals surface area contributed by atoms with Crippen molar-refractivity contribution < 1.29 is 13.2 Å². The molecule has 10 aromatic carbocycles. The Morgan fingerprint density at radius 1 is 0.291 bits per heavy atom. The average Bonchev–Trinajstić information content (AvgIpc) is 3.61. The number of halogens is 2. The molecule has 0 amide bonds. The van der Waals surface area contributed by atoms with Crippen molar-refractivity contribution in [2.24, 2.45) is 0 Å². The zero-order valence-corrected chi connectivity index (χ0v) is 29.5. The van der Waals surface area contributed by atoms with Crippen molar-refractivity contribution in [3.05, 3.63) is 194 Å². The van der Waals surface area contributed by atoms with Crippen LogP contribution in [0.1, 0.15) is 0 Å². The number of hydrogen-bond acceptors (Lipinski definition) is 1. The number of fused-ring (bicyclic) bond motifs is 7. The lowest BCUT2D eigenvalue weighted by Gasteiger charge is -2.18. The van der Waals surface area contributed by atoms with Crippen molar-refractivity contribution in [1.82, 2.24) is 0 Å². The summed E-state index contributed by atoms with van der Waals surface area (Å²) in [7, 11) is 0. The quantitative estimate of drug-likeness (QED) is 0.166. The van der Waals surface area contributed by atoms with Gasteiger partial charge in [-0.3, -0.25) is 0 Å². The van der Waals surface area contributed by atoms with Gasteiger partial charge in [0.2, 0.25) is 0 Å². The molecule has 0 spiro atoms. The van der Waals surface area contributed by atoms with E-state index in [9.17, 15) is 0 Å². The zero-order valence-electron chi connectivity index (χ0n) is 29.5. The van der Waals surface area contributed by atoms with Crippen LogP contribution in [0, 0.1) is 11.6 Å². The molecule has 0 aliphatic heterocycles. The van der Waals surface area contributed by atoms with Gasteiger partial charge in [-0.05, 0) is 89.6 Å². The maximum Gasteiger partial charge on any atom is 0.143 e. The predicted octanol–water partition coefficient (Wildman–Crippen LogP) is 15.1. The summed E-state index contributed by atoms with van der Waals surface area (Å²) in [5, 5.41) is 10.2. The Labute approximate surface area is 315 Å². The molecule has 0 saturated carbocycles. The highest BCUT2D eigenvalue weighted by molar-refractivity contribution is 6.25. The minimum atomic E-state index is -0.585. The normalized spacial score (nSPS) is 11.8. The van der Waals surface area contributed by atoms with Crippen molar-refractivity contribution in [3.63, 3.8) is 0 Å². The van der Waals surface area contributed by atoms with Crippen LogP contribution < -0.4 is 0 Å². The van der Waals surface area contributed by atoms with Crippen LogP contribution >= 0.6 is 0 Å². The average molecular weight is 709 g/mol. The molecular weight excluding hydrogens is 679 g/mol. The van der Waals surface area contributed by atoms with Gasteiger partial charge in [0.1, 0.15) is 22.8 Å². The van der Waals surface area contributed by atoms with Crippen LogP contribution in [-0.2, 0) is 0 Å². The molecule has 0 radical (unpaired) electrons. The van der Waals surface area contributed by atoms with E-state index in [2.05, 4.69) is 115 Å². The monoisotopic (exact) mass is 708 g/mol. The van der Waals surface area contributed by atoms with E-state index in [1.54, 1.807) is 0 Å². The predicted molar refractivity (Wildman–Crippen MR) is 225 cm³/mol. The highest BCUT2D eigenvalue weighted by Gasteiger charge is 2.23. The molecule has 11 aromatic rings. The summed E-state index contributed by atoms with van der Waals surface area (Å²) in [5.74, 6) is -1.17. The molecule has 1 aromatic heterocycles. The van der Waals surface area contributed by atoms with E-state index in [1.165, 1.54) is 40.1 Å². The molecule has 0 N–H and O–H groups in total. The number of rotatable bonds is 4. The number of benzene rings is 10. The van der Waals surface area contributed by atoms with Crippen LogP contribution in [-0.4, -0.2) is 0 Å². The van der Waals surface area contributed by atoms with Gasteiger partial charge in [0.15, 0.2) is 0 Å². The minimum absolute atomic E-state index is 0.0152. The fourth-order valence-corrected chi connectivity index (χ4v) is 8.93. The van der Waals surface area contributed by atoms with E-state index in [0.717, 1.165) is 76.5 Å². The van der Waals surface area contributed by atoms with Gasteiger partial charge in [-0.1, -0.05) is 158 Å². The lowest BCUT2D eigenvalue weighted by atomic mass is 9.85. The number of furan rings is 1. The number of hydrogen-bond donors (Lipinski definition) is 0. The summed E-state index contributed by atoms with van der Waals surface area (Å²) in [5.41, 5.74) is 8.67. The third kappa shape index (κ3) is 4.70. The largest absolute Gasteiger partial charge is 0.455 e. The maximum atomic E-state index is 15.5. The van der Waals surface area contributed by atoms with Crippen LogP contribution in [0.4, 0.5) is 8.78 Å². The van der Waals surface area contributed by atoms with Gasteiger partial charge in [-0.2, -0.15) is 0 Å². The topological polar surface area (TPSA) is 13.1 Å². The summed E-state index contributed by atoms with van der Waals surface area (Å²) in [6, 6.07) is 60.6. The standard InChI is InChI=1S/C52H30F2O/c53-44-26-13-27-45(54)51(44)50-40-22-10-6-18-36(40)48(37-19-7-11-23-41(37)50)32-28-29-33-42-24-12-25-43(52(42)55-46(33)30-32)49-38-20-8-4-16-34(38)47(31-14-2-1-3-15-31)35-17-5-9-21-39(35)49/h1-30H. The van der Waals surface area contributed by atoms with Gasteiger partial charge >= 0.3 is 0 Å². The van der Waals surface area contributed by atoms with E-state index < -0.39 is 11.6 Å². The molecular formula is C52H30F2O. The molecule has 0 aliphatic carbocycles. The lowest BCUT2D eigenvalue weighted by Crippen LogP contribution is -1.95. The Bertz CT molecular complexity index is 3210. The van der Waals surface area contributed by atoms with E-state index in [-0.39, 0.29) is 5.56 Å². The highest BCUT2D eigenvalue weighted by Crippen LogP contribution is 2.48. The van der Waals surface area contributed by atoms with E-state index in [0.29, 0.717) is 5.56 Å². The zero-order chi connectivity index (χ0) is 36.6. The summed E-state index contributed by atoms with van der Waals surface area (Å²) in [4.78, 5) is 0. The Balaban J connectivity index is 1.18. The molecule has 0 bridgehead atoms. The van der Waals surface area contributed by atoms with Gasteiger partial charge in [0.25, 0.3) is 0 Å². The Kier molecular flexibility index (Phi) is 6.99. The van der Waals surface area contributed by atoms with Gasteiger partial charge in [0.05, 0.1) is 5.56 Å². The van der Waals surface area contributed by atoms with Crippen molar-refractivity contribution >= 4 is 65.0 Å². The molecule has 0 atom stereocenters. The molecule has 0 saturated heterocycles. The Morgan fingerprint density at radius 2 is 0.727 bits per heavy atom. The third-order valence-corrected chi connectivity index (χ3v) is 11.2. The molecule has 1 nitrogen and oxygen atoms in total. The Hall–Kier alpha value is -7.10. The molecule has 55 heavy (non-hydrogen) atoms. The molecule has 11 rings (SSSR count). The third-order valence-electron chi connectivity index (χ3n) is 11.2. The van der Waals surface area contributed by atoms with Crippen molar-refractivity contribution in [3.8, 4) is 44.5 Å². The minimum Gasteiger partial charge on any atom is -0.455 e. The van der Waals surface area contributed by atoms with E-state index in [1.807, 2.05) is 48.5 Å². The van der Waals surface area contributed by atoms with Crippen LogP contribution in [0.2, 0.25) is 0 Å². The van der Waals surface area contributed by atoms with Crippen LogP contribution in [0.5, 0.6) is 0 Å². The molecule has 1 heterocycles. The van der Waals surface area contributed by atoms with Crippen molar-refractivity contribution in [1.29, 1.82) is 0 Å². The fourth-order valence-electron chi connectivity index (χ4n) is 8.93. The van der Waals surface area contributed by atoms with E-state index >= 15 is 8.78 Å². The van der Waals surface area contributed by atoms with Crippen LogP contribution in [0.25, 0.3) is 110 Å². The smallest absolute Gasteiger partial charge is 0.143 e.